The highest BCUT2D eigenvalue weighted by Crippen LogP contribution is 2.27. The number of nitrogens with two attached hydrogens (primary N) is 1. The quantitative estimate of drug-likeness (QED) is 0.466. The van der Waals surface area contributed by atoms with Gasteiger partial charge < -0.3 is 10.6 Å². The van der Waals surface area contributed by atoms with Crippen LogP contribution in [0.25, 0.3) is 10.1 Å². The Kier molecular flexibility index (Phi) is 7.42. The molecular weight excluding hydrogens is 374 g/mol. The van der Waals surface area contributed by atoms with E-state index in [1.54, 1.807) is 16.8 Å². The fraction of sp³-hybridized carbons (Fsp3) is 0.524. The van der Waals surface area contributed by atoms with Crippen molar-refractivity contribution in [3.8, 4) is 0 Å². The molecule has 28 heavy (non-hydrogen) atoms. The van der Waals surface area contributed by atoms with Gasteiger partial charge in [-0.2, -0.15) is 0 Å². The largest absolute Gasteiger partial charge is 0.343 e. The lowest BCUT2D eigenvalue weighted by atomic mass is 9.91. The number of hydrogen-bond donors (Lipinski definition) is 3. The summed E-state index contributed by atoms with van der Waals surface area (Å²) in [6, 6.07) is 8.14. The standard InChI is InChI=1S/C21H29N3O3S/c22-17(12-16-14-28-19-6-2-1-5-18(16)19)13-21(26)24-10-8-15(9-11-24)4-3-7-20(25)23-27/h1-2,5-6,14-15,17,27H,3-4,7-13,22H2,(H,23,25)/t17-/m1/s1. The lowest BCUT2D eigenvalue weighted by molar-refractivity contribution is -0.133. The number of thiophene rings is 1. The molecule has 1 aromatic heterocycles. The van der Waals surface area contributed by atoms with Gasteiger partial charge in [-0.25, -0.2) is 5.48 Å². The van der Waals surface area contributed by atoms with Gasteiger partial charge in [0.05, 0.1) is 0 Å². The number of hydrogen-bond acceptors (Lipinski definition) is 5. The highest BCUT2D eigenvalue weighted by atomic mass is 32.1. The first-order valence-corrected chi connectivity index (χ1v) is 10.9. The van der Waals surface area contributed by atoms with E-state index in [0.717, 1.165) is 45.2 Å². The minimum absolute atomic E-state index is 0.144. The minimum Gasteiger partial charge on any atom is -0.343 e. The molecule has 7 heteroatoms. The molecule has 1 saturated heterocycles. The zero-order valence-electron chi connectivity index (χ0n) is 16.1. The first kappa shape index (κ1) is 20.8. The third kappa shape index (κ3) is 5.53. The number of hydroxylamine groups is 1. The molecule has 0 unspecified atom stereocenters. The lowest BCUT2D eigenvalue weighted by Gasteiger charge is -2.32. The minimum atomic E-state index is -0.333. The maximum Gasteiger partial charge on any atom is 0.243 e. The van der Waals surface area contributed by atoms with Crippen LogP contribution in [0.3, 0.4) is 0 Å². The van der Waals surface area contributed by atoms with Gasteiger partial charge in [0.2, 0.25) is 11.8 Å². The number of amides is 2. The Hall–Kier alpha value is -1.96. The van der Waals surface area contributed by atoms with E-state index in [9.17, 15) is 9.59 Å². The molecule has 1 atom stereocenters. The van der Waals surface area contributed by atoms with Gasteiger partial charge in [0.25, 0.3) is 0 Å². The molecule has 0 saturated carbocycles. The summed E-state index contributed by atoms with van der Waals surface area (Å²) in [4.78, 5) is 25.6. The monoisotopic (exact) mass is 403 g/mol. The van der Waals surface area contributed by atoms with Gasteiger partial charge in [0.1, 0.15) is 0 Å². The van der Waals surface area contributed by atoms with Crippen LogP contribution in [0.15, 0.2) is 29.6 Å². The summed E-state index contributed by atoms with van der Waals surface area (Å²) in [5.41, 5.74) is 9.19. The SMILES string of the molecule is N[C@@H](CC(=O)N1CCC(CCCC(=O)NO)CC1)Cc1csc2ccccc12. The first-order chi connectivity index (χ1) is 13.6. The van der Waals surface area contributed by atoms with Gasteiger partial charge in [0, 0.05) is 36.7 Å². The fourth-order valence-corrected chi connectivity index (χ4v) is 4.95. The number of nitrogens with zero attached hydrogens (tertiary/aromatic N) is 1. The predicted molar refractivity (Wildman–Crippen MR) is 111 cm³/mol. The molecule has 1 aliphatic rings. The van der Waals surface area contributed by atoms with Crippen molar-refractivity contribution < 1.29 is 14.8 Å². The summed E-state index contributed by atoms with van der Waals surface area (Å²) in [6.07, 6.45) is 5.12. The van der Waals surface area contributed by atoms with Gasteiger partial charge >= 0.3 is 0 Å². The fourth-order valence-electron chi connectivity index (χ4n) is 3.98. The second kappa shape index (κ2) is 10.0. The van der Waals surface area contributed by atoms with Crippen LogP contribution < -0.4 is 11.2 Å². The molecule has 2 heterocycles. The number of carbonyl (C=O) groups is 2. The Morgan fingerprint density at radius 1 is 1.29 bits per heavy atom. The Morgan fingerprint density at radius 2 is 2.04 bits per heavy atom. The van der Waals surface area contributed by atoms with E-state index < -0.39 is 0 Å². The maximum absolute atomic E-state index is 12.6. The number of likely N-dealkylation sites (tertiary alicyclic amines) is 1. The van der Waals surface area contributed by atoms with Crippen molar-refractivity contribution in [2.24, 2.45) is 11.7 Å². The summed E-state index contributed by atoms with van der Waals surface area (Å²) in [7, 11) is 0. The molecule has 1 fully saturated rings. The Balaban J connectivity index is 1.41. The Bertz CT molecular complexity index is 799. The lowest BCUT2D eigenvalue weighted by Crippen LogP contribution is -2.41. The van der Waals surface area contributed by atoms with E-state index in [1.165, 1.54) is 15.6 Å². The molecule has 1 aromatic carbocycles. The molecular formula is C21H29N3O3S. The number of benzene rings is 1. The van der Waals surface area contributed by atoms with Crippen LogP contribution in [0.1, 0.15) is 44.1 Å². The molecule has 2 amide bonds. The van der Waals surface area contributed by atoms with Gasteiger partial charge in [-0.05, 0) is 60.4 Å². The third-order valence-corrected chi connectivity index (χ3v) is 6.60. The normalized spacial score (nSPS) is 16.3. The summed E-state index contributed by atoms with van der Waals surface area (Å²) in [6.45, 7) is 1.54. The molecule has 6 nitrogen and oxygen atoms in total. The molecule has 0 aliphatic carbocycles. The molecule has 4 N–H and O–H groups in total. The summed E-state index contributed by atoms with van der Waals surface area (Å²) >= 11 is 1.72. The van der Waals surface area contributed by atoms with Crippen LogP contribution in [-0.4, -0.2) is 41.1 Å². The second-order valence-corrected chi connectivity index (χ2v) is 8.59. The maximum atomic E-state index is 12.6. The highest BCUT2D eigenvalue weighted by Gasteiger charge is 2.24. The zero-order valence-corrected chi connectivity index (χ0v) is 16.9. The predicted octanol–water partition coefficient (Wildman–Crippen LogP) is 3.08. The van der Waals surface area contributed by atoms with E-state index in [1.807, 2.05) is 17.0 Å². The van der Waals surface area contributed by atoms with Crippen molar-refractivity contribution in [1.29, 1.82) is 0 Å². The van der Waals surface area contributed by atoms with Crippen LogP contribution in [0.4, 0.5) is 0 Å². The number of carbonyl (C=O) groups excluding carboxylic acids is 2. The molecule has 0 radical (unpaired) electrons. The van der Waals surface area contributed by atoms with Crippen molar-refractivity contribution in [2.75, 3.05) is 13.1 Å². The van der Waals surface area contributed by atoms with Gasteiger partial charge in [-0.15, -0.1) is 11.3 Å². The Morgan fingerprint density at radius 3 is 2.79 bits per heavy atom. The molecule has 3 rings (SSSR count). The number of rotatable bonds is 8. The van der Waals surface area contributed by atoms with Crippen molar-refractivity contribution in [3.63, 3.8) is 0 Å². The summed E-state index contributed by atoms with van der Waals surface area (Å²) in [5.74, 6) is 0.353. The average molecular weight is 404 g/mol. The van der Waals surface area contributed by atoms with Crippen molar-refractivity contribution in [3.05, 3.63) is 35.2 Å². The van der Waals surface area contributed by atoms with E-state index in [4.69, 9.17) is 10.9 Å². The van der Waals surface area contributed by atoms with E-state index in [0.29, 0.717) is 18.8 Å². The smallest absolute Gasteiger partial charge is 0.243 e. The molecule has 0 bridgehead atoms. The molecule has 0 spiro atoms. The number of fused-ring (bicyclic) bond motifs is 1. The molecule has 1 aliphatic heterocycles. The van der Waals surface area contributed by atoms with Crippen LogP contribution in [0.5, 0.6) is 0 Å². The average Bonchev–Trinajstić information content (AvgIpc) is 3.11. The van der Waals surface area contributed by atoms with E-state index >= 15 is 0 Å². The topological polar surface area (TPSA) is 95.7 Å². The van der Waals surface area contributed by atoms with Crippen LogP contribution in [-0.2, 0) is 16.0 Å². The van der Waals surface area contributed by atoms with E-state index in [2.05, 4.69) is 17.5 Å². The highest BCUT2D eigenvalue weighted by molar-refractivity contribution is 7.17. The van der Waals surface area contributed by atoms with Crippen molar-refractivity contribution >= 4 is 33.2 Å². The second-order valence-electron chi connectivity index (χ2n) is 7.68. The van der Waals surface area contributed by atoms with Crippen molar-refractivity contribution in [1.82, 2.24) is 10.4 Å². The van der Waals surface area contributed by atoms with E-state index in [-0.39, 0.29) is 17.9 Å². The zero-order chi connectivity index (χ0) is 19.9. The number of piperidine rings is 1. The van der Waals surface area contributed by atoms with Crippen LogP contribution in [0, 0.1) is 5.92 Å². The van der Waals surface area contributed by atoms with Gasteiger partial charge in [0.15, 0.2) is 0 Å². The first-order valence-electron chi connectivity index (χ1n) is 9.98. The van der Waals surface area contributed by atoms with Crippen LogP contribution in [0.2, 0.25) is 0 Å². The van der Waals surface area contributed by atoms with Crippen molar-refractivity contribution in [2.45, 2.75) is 51.0 Å². The molecule has 152 valence electrons. The third-order valence-electron chi connectivity index (χ3n) is 5.59. The molecule has 2 aromatic rings. The Labute approximate surface area is 169 Å². The summed E-state index contributed by atoms with van der Waals surface area (Å²) in [5, 5.41) is 11.9. The van der Waals surface area contributed by atoms with Gasteiger partial charge in [-0.1, -0.05) is 18.2 Å². The van der Waals surface area contributed by atoms with Gasteiger partial charge in [-0.3, -0.25) is 14.8 Å². The number of nitrogens with one attached hydrogen (secondary N) is 1. The summed E-state index contributed by atoms with van der Waals surface area (Å²) < 4.78 is 1.26. The van der Waals surface area contributed by atoms with Crippen LogP contribution >= 0.6 is 11.3 Å².